The van der Waals surface area contributed by atoms with E-state index in [0.717, 1.165) is 10.9 Å². The van der Waals surface area contributed by atoms with Crippen molar-refractivity contribution < 1.29 is 27.9 Å². The molecule has 0 spiro atoms. The second kappa shape index (κ2) is 14.7. The Morgan fingerprint density at radius 1 is 0.826 bits per heavy atom. The van der Waals surface area contributed by atoms with Crippen molar-refractivity contribution in [2.75, 3.05) is 5.75 Å². The number of benzene rings is 3. The zero-order chi connectivity index (χ0) is 33.5. The first-order valence-corrected chi connectivity index (χ1v) is 16.7. The molecule has 1 heterocycles. The van der Waals surface area contributed by atoms with Crippen LogP contribution >= 0.6 is 0 Å². The maximum absolute atomic E-state index is 13.7. The van der Waals surface area contributed by atoms with Gasteiger partial charge in [0.15, 0.2) is 14.9 Å². The summed E-state index contributed by atoms with van der Waals surface area (Å²) in [5, 5.41) is 20.2. The third-order valence-electron chi connectivity index (χ3n) is 7.24. The molecule has 242 valence electrons. The van der Waals surface area contributed by atoms with Crippen molar-refractivity contribution in [2.24, 2.45) is 0 Å². The Balaban J connectivity index is 1.60. The van der Waals surface area contributed by atoms with Gasteiger partial charge < -0.3 is 21.1 Å². The Hall–Kier alpha value is -4.61. The molecule has 3 atom stereocenters. The summed E-state index contributed by atoms with van der Waals surface area (Å²) in [7, 11) is -4.13. The van der Waals surface area contributed by atoms with Gasteiger partial charge in [-0.1, -0.05) is 66.7 Å². The summed E-state index contributed by atoms with van der Waals surface area (Å²) in [6, 6.07) is 23.8. The number of pyridine rings is 1. The minimum absolute atomic E-state index is 0.0234. The number of nitrogens with zero attached hydrogens (tertiary/aromatic N) is 1. The lowest BCUT2D eigenvalue weighted by Crippen LogP contribution is -2.55. The van der Waals surface area contributed by atoms with E-state index in [1.807, 2.05) is 57.2 Å². The summed E-state index contributed by atoms with van der Waals surface area (Å²) < 4.78 is 26.9. The zero-order valence-electron chi connectivity index (χ0n) is 26.4. The number of aliphatic hydroxyl groups is 1. The van der Waals surface area contributed by atoms with Crippen LogP contribution in [0.1, 0.15) is 49.2 Å². The van der Waals surface area contributed by atoms with Crippen LogP contribution in [0.3, 0.4) is 0 Å². The first-order valence-electron chi connectivity index (χ1n) is 15.0. The van der Waals surface area contributed by atoms with Crippen LogP contribution in [0.15, 0.2) is 96.0 Å². The molecule has 4 aromatic rings. The number of amides is 3. The molecule has 3 amide bonds. The highest BCUT2D eigenvalue weighted by atomic mass is 32.2. The molecule has 11 heteroatoms. The maximum atomic E-state index is 13.7. The van der Waals surface area contributed by atoms with Crippen molar-refractivity contribution in [2.45, 2.75) is 69.3 Å². The van der Waals surface area contributed by atoms with Crippen LogP contribution < -0.4 is 16.0 Å². The van der Waals surface area contributed by atoms with Crippen molar-refractivity contribution >= 4 is 38.5 Å². The predicted molar refractivity (Wildman–Crippen MR) is 177 cm³/mol. The standard InChI is InChI=1S/C35H40N4O6S/c1-23(40)36-30(22-46(44,45)32-19-18-25-14-9-11-17-28(25)37-32)34(43)38-29(20-24-12-6-5-7-13-24)31(41)21-26-15-8-10-16-27(26)33(42)39-35(2,3)4/h5-19,29-31,41H,20-22H2,1-4H3,(H,36,40)(H,38,43)(H,39,42)/t29-,30-,31+/m0/s1. The molecule has 10 nitrogen and oxygen atoms in total. The Labute approximate surface area is 269 Å². The van der Waals surface area contributed by atoms with E-state index in [-0.39, 0.29) is 23.8 Å². The molecule has 0 aliphatic heterocycles. The quantitative estimate of drug-likeness (QED) is 0.184. The van der Waals surface area contributed by atoms with Gasteiger partial charge in [0.1, 0.15) is 6.04 Å². The second-order valence-corrected chi connectivity index (χ2v) is 14.3. The minimum atomic E-state index is -4.13. The van der Waals surface area contributed by atoms with Crippen LogP contribution in [-0.4, -0.2) is 65.7 Å². The molecule has 4 rings (SSSR count). The van der Waals surface area contributed by atoms with E-state index in [9.17, 15) is 27.9 Å². The third-order valence-corrected chi connectivity index (χ3v) is 8.88. The summed E-state index contributed by atoms with van der Waals surface area (Å²) in [5.41, 5.74) is 1.79. The van der Waals surface area contributed by atoms with E-state index in [0.29, 0.717) is 16.6 Å². The molecular formula is C35H40N4O6S. The van der Waals surface area contributed by atoms with Crippen molar-refractivity contribution in [3.05, 3.63) is 108 Å². The number of para-hydroxylation sites is 1. The van der Waals surface area contributed by atoms with Gasteiger partial charge in [-0.3, -0.25) is 14.4 Å². The van der Waals surface area contributed by atoms with Gasteiger partial charge in [-0.15, -0.1) is 0 Å². The van der Waals surface area contributed by atoms with Gasteiger partial charge in [0.25, 0.3) is 5.91 Å². The van der Waals surface area contributed by atoms with Crippen LogP contribution in [0.2, 0.25) is 0 Å². The largest absolute Gasteiger partial charge is 0.391 e. The number of hydrogen-bond acceptors (Lipinski definition) is 7. The van der Waals surface area contributed by atoms with E-state index >= 15 is 0 Å². The number of rotatable bonds is 12. The molecule has 0 unspecified atom stereocenters. The molecule has 0 radical (unpaired) electrons. The maximum Gasteiger partial charge on any atom is 0.251 e. The first kappa shape index (κ1) is 34.3. The Bertz CT molecular complexity index is 1800. The summed E-state index contributed by atoms with van der Waals surface area (Å²) in [4.78, 5) is 43.1. The lowest BCUT2D eigenvalue weighted by molar-refractivity contribution is -0.128. The average molecular weight is 645 g/mol. The number of carbonyl (C=O) groups is 3. The van der Waals surface area contributed by atoms with Crippen molar-refractivity contribution in [3.8, 4) is 0 Å². The molecule has 0 aliphatic carbocycles. The SMILES string of the molecule is CC(=O)N[C@@H](CS(=O)(=O)c1ccc2ccccc2n1)C(=O)N[C@@H](Cc1ccccc1)[C@H](O)Cc1ccccc1C(=O)NC(C)(C)C. The molecule has 1 aromatic heterocycles. The molecule has 0 bridgehead atoms. The Morgan fingerprint density at radius 3 is 2.17 bits per heavy atom. The molecule has 0 saturated carbocycles. The van der Waals surface area contributed by atoms with E-state index < -0.39 is 51.1 Å². The van der Waals surface area contributed by atoms with E-state index in [4.69, 9.17) is 0 Å². The fourth-order valence-corrected chi connectivity index (χ4v) is 6.44. The minimum Gasteiger partial charge on any atom is -0.391 e. The highest BCUT2D eigenvalue weighted by molar-refractivity contribution is 7.91. The van der Waals surface area contributed by atoms with Gasteiger partial charge in [0.2, 0.25) is 11.8 Å². The molecule has 0 fully saturated rings. The third kappa shape index (κ3) is 9.45. The van der Waals surface area contributed by atoms with Crippen molar-refractivity contribution in [1.82, 2.24) is 20.9 Å². The second-order valence-electron chi connectivity index (χ2n) is 12.3. The topological polar surface area (TPSA) is 155 Å². The number of hydrogen-bond donors (Lipinski definition) is 4. The van der Waals surface area contributed by atoms with Gasteiger partial charge in [-0.05, 0) is 62.6 Å². The molecule has 3 aromatic carbocycles. The summed E-state index contributed by atoms with van der Waals surface area (Å²) in [6.07, 6.45) is -0.949. The van der Waals surface area contributed by atoms with Gasteiger partial charge in [-0.25, -0.2) is 13.4 Å². The van der Waals surface area contributed by atoms with Crippen LogP contribution in [-0.2, 0) is 32.3 Å². The summed E-state index contributed by atoms with van der Waals surface area (Å²) >= 11 is 0. The highest BCUT2D eigenvalue weighted by Gasteiger charge is 2.32. The van der Waals surface area contributed by atoms with Gasteiger partial charge in [0.05, 0.1) is 23.4 Å². The monoisotopic (exact) mass is 644 g/mol. The fraction of sp³-hybridized carbons (Fsp3) is 0.314. The Morgan fingerprint density at radius 2 is 1.48 bits per heavy atom. The number of sulfone groups is 1. The van der Waals surface area contributed by atoms with Gasteiger partial charge >= 0.3 is 0 Å². The zero-order valence-corrected chi connectivity index (χ0v) is 27.2. The van der Waals surface area contributed by atoms with Crippen LogP contribution in [0, 0.1) is 0 Å². The predicted octanol–water partition coefficient (Wildman–Crippen LogP) is 3.37. The Kier molecular flexibility index (Phi) is 10.9. The van der Waals surface area contributed by atoms with Gasteiger partial charge in [-0.2, -0.15) is 0 Å². The van der Waals surface area contributed by atoms with Crippen LogP contribution in [0.25, 0.3) is 10.9 Å². The fourth-order valence-electron chi connectivity index (χ4n) is 5.08. The molecule has 0 aliphatic rings. The molecule has 4 N–H and O–H groups in total. The number of carbonyl (C=O) groups excluding carboxylic acids is 3. The summed E-state index contributed by atoms with van der Waals surface area (Å²) in [6.45, 7) is 6.80. The van der Waals surface area contributed by atoms with Crippen LogP contribution in [0.5, 0.6) is 0 Å². The van der Waals surface area contributed by atoms with Crippen LogP contribution in [0.4, 0.5) is 0 Å². The lowest BCUT2D eigenvalue weighted by atomic mass is 9.93. The first-order chi connectivity index (χ1) is 21.7. The molecule has 46 heavy (non-hydrogen) atoms. The number of nitrogens with one attached hydrogen (secondary N) is 3. The van der Waals surface area contributed by atoms with Gasteiger partial charge in [0, 0.05) is 29.8 Å². The average Bonchev–Trinajstić information content (AvgIpc) is 2.99. The molecule has 0 saturated heterocycles. The number of fused-ring (bicyclic) bond motifs is 1. The summed E-state index contributed by atoms with van der Waals surface area (Å²) in [5.74, 6) is -2.41. The lowest BCUT2D eigenvalue weighted by Gasteiger charge is -2.28. The van der Waals surface area contributed by atoms with Crippen molar-refractivity contribution in [3.63, 3.8) is 0 Å². The normalized spacial score (nSPS) is 13.8. The van der Waals surface area contributed by atoms with E-state index in [1.165, 1.54) is 13.0 Å². The van der Waals surface area contributed by atoms with E-state index in [1.54, 1.807) is 48.5 Å². The smallest absolute Gasteiger partial charge is 0.251 e. The highest BCUT2D eigenvalue weighted by Crippen LogP contribution is 2.19. The number of aromatic nitrogens is 1. The number of aliphatic hydroxyl groups excluding tert-OH is 1. The molecular weight excluding hydrogens is 604 g/mol. The van der Waals surface area contributed by atoms with E-state index in [2.05, 4.69) is 20.9 Å². The van der Waals surface area contributed by atoms with Crippen molar-refractivity contribution in [1.29, 1.82) is 0 Å².